The molecule has 1 aliphatic heterocycles. The van der Waals surface area contributed by atoms with Gasteiger partial charge in [0.15, 0.2) is 0 Å². The minimum atomic E-state index is -0.102. The van der Waals surface area contributed by atoms with E-state index >= 15 is 0 Å². The van der Waals surface area contributed by atoms with Crippen LogP contribution in [0.3, 0.4) is 0 Å². The first kappa shape index (κ1) is 23.9. The van der Waals surface area contributed by atoms with E-state index in [0.29, 0.717) is 22.6 Å². The van der Waals surface area contributed by atoms with Crippen LogP contribution >= 0.6 is 23.4 Å². The molecule has 8 heteroatoms. The average molecular weight is 440 g/mol. The number of aliphatic hydroxyl groups excluding tert-OH is 1. The van der Waals surface area contributed by atoms with E-state index in [1.54, 1.807) is 6.20 Å². The SMILES string of the molecule is C=C(N)/C(Cl)=C(\C=C/C)S/C(=C/N=C(CO)N1CCC2(CCCC2N)CC1)NC. The number of nitrogens with zero attached hydrogens (tertiary/aromatic N) is 2. The van der Waals surface area contributed by atoms with Crippen LogP contribution in [0, 0.1) is 5.41 Å². The molecule has 1 aliphatic carbocycles. The molecule has 0 aromatic heterocycles. The maximum atomic E-state index is 9.88. The molecule has 0 aromatic carbocycles. The van der Waals surface area contributed by atoms with E-state index in [-0.39, 0.29) is 12.0 Å². The van der Waals surface area contributed by atoms with Crippen molar-refractivity contribution in [2.24, 2.45) is 21.9 Å². The van der Waals surface area contributed by atoms with Crippen molar-refractivity contribution in [3.05, 3.63) is 45.6 Å². The van der Waals surface area contributed by atoms with E-state index in [1.807, 2.05) is 26.1 Å². The lowest BCUT2D eigenvalue weighted by Gasteiger charge is -2.43. The first-order valence-electron chi connectivity index (χ1n) is 10.1. The molecule has 1 unspecified atom stereocenters. The van der Waals surface area contributed by atoms with E-state index in [4.69, 9.17) is 23.1 Å². The number of amidine groups is 1. The van der Waals surface area contributed by atoms with Gasteiger partial charge in [-0.25, -0.2) is 4.99 Å². The topological polar surface area (TPSA) is 99.9 Å². The highest BCUT2D eigenvalue weighted by molar-refractivity contribution is 8.06. The van der Waals surface area contributed by atoms with Gasteiger partial charge in [0.1, 0.15) is 12.4 Å². The van der Waals surface area contributed by atoms with Crippen LogP contribution in [-0.2, 0) is 0 Å². The Morgan fingerprint density at radius 2 is 2.10 bits per heavy atom. The van der Waals surface area contributed by atoms with Crippen molar-refractivity contribution >= 4 is 29.2 Å². The van der Waals surface area contributed by atoms with Gasteiger partial charge in [0.2, 0.25) is 0 Å². The summed E-state index contributed by atoms with van der Waals surface area (Å²) in [6.45, 7) is 7.27. The molecular weight excluding hydrogens is 406 g/mol. The zero-order valence-corrected chi connectivity index (χ0v) is 19.0. The number of hydrogen-bond donors (Lipinski definition) is 4. The van der Waals surface area contributed by atoms with Crippen molar-refractivity contribution < 1.29 is 5.11 Å². The molecule has 29 heavy (non-hydrogen) atoms. The summed E-state index contributed by atoms with van der Waals surface area (Å²) < 4.78 is 0. The molecule has 0 radical (unpaired) electrons. The van der Waals surface area contributed by atoms with Gasteiger partial charge in [-0.15, -0.1) is 0 Å². The molecule has 6 nitrogen and oxygen atoms in total. The predicted molar refractivity (Wildman–Crippen MR) is 125 cm³/mol. The quantitative estimate of drug-likeness (QED) is 0.276. The summed E-state index contributed by atoms with van der Waals surface area (Å²) in [4.78, 5) is 7.51. The van der Waals surface area contributed by atoms with Gasteiger partial charge < -0.3 is 26.8 Å². The molecule has 2 fully saturated rings. The van der Waals surface area contributed by atoms with Crippen LogP contribution in [0.25, 0.3) is 0 Å². The molecule has 1 saturated heterocycles. The second-order valence-corrected chi connectivity index (χ2v) is 9.06. The largest absolute Gasteiger partial charge is 0.398 e. The van der Waals surface area contributed by atoms with Gasteiger partial charge in [-0.3, -0.25) is 0 Å². The summed E-state index contributed by atoms with van der Waals surface area (Å²) in [6, 6.07) is 0.310. The number of thioether (sulfide) groups is 1. The number of aliphatic imine (C=N–C) groups is 1. The lowest BCUT2D eigenvalue weighted by molar-refractivity contribution is 0.131. The lowest BCUT2D eigenvalue weighted by atomic mass is 9.74. The molecule has 1 spiro atoms. The highest BCUT2D eigenvalue weighted by Crippen LogP contribution is 2.45. The summed E-state index contributed by atoms with van der Waals surface area (Å²) >= 11 is 7.69. The van der Waals surface area contributed by atoms with Crippen molar-refractivity contribution in [2.75, 3.05) is 26.7 Å². The number of allylic oxidation sites excluding steroid dienone is 3. The lowest BCUT2D eigenvalue weighted by Crippen LogP contribution is -2.49. The molecule has 6 N–H and O–H groups in total. The van der Waals surface area contributed by atoms with Crippen LogP contribution in [0.5, 0.6) is 0 Å². The molecule has 1 heterocycles. The number of aliphatic hydroxyl groups is 1. The van der Waals surface area contributed by atoms with Crippen molar-refractivity contribution in [3.63, 3.8) is 0 Å². The third-order valence-electron chi connectivity index (χ3n) is 5.86. The van der Waals surface area contributed by atoms with Gasteiger partial charge in [0.25, 0.3) is 0 Å². The highest BCUT2D eigenvalue weighted by Gasteiger charge is 2.43. The fourth-order valence-electron chi connectivity index (χ4n) is 4.07. The first-order valence-corrected chi connectivity index (χ1v) is 11.3. The van der Waals surface area contributed by atoms with E-state index in [1.165, 1.54) is 24.6 Å². The standard InChI is InChI=1S/C21H34ClN5OS/c1-4-6-16(20(22)15(2)23)29-19(25-3)13-26-18(14-28)27-11-9-21(10-12-27)8-5-7-17(21)24/h4,6,13,17,25,28H,2,5,7-12,14,23-24H2,1,3H3/b6-4-,19-13+,20-16-,26-18?. The Balaban J connectivity index is 2.11. The molecule has 0 bridgehead atoms. The Kier molecular flexibility index (Phi) is 9.14. The van der Waals surface area contributed by atoms with Gasteiger partial charge >= 0.3 is 0 Å². The number of halogens is 1. The first-order chi connectivity index (χ1) is 13.9. The normalized spacial score (nSPS) is 23.6. The molecule has 0 aromatic rings. The van der Waals surface area contributed by atoms with Gasteiger partial charge in [-0.05, 0) is 38.0 Å². The molecule has 1 saturated carbocycles. The minimum absolute atomic E-state index is 0.102. The summed E-state index contributed by atoms with van der Waals surface area (Å²) in [5.41, 5.74) is 12.7. The molecule has 0 amide bonds. The second kappa shape index (κ2) is 11.1. The fraction of sp³-hybridized carbons (Fsp3) is 0.571. The highest BCUT2D eigenvalue weighted by atomic mass is 35.5. The van der Waals surface area contributed by atoms with Gasteiger partial charge in [-0.2, -0.15) is 0 Å². The zero-order chi connectivity index (χ0) is 21.4. The Morgan fingerprint density at radius 3 is 2.59 bits per heavy atom. The Bertz CT molecular complexity index is 708. The summed E-state index contributed by atoms with van der Waals surface area (Å²) in [5, 5.41) is 14.2. The van der Waals surface area contributed by atoms with E-state index in [0.717, 1.165) is 42.3 Å². The van der Waals surface area contributed by atoms with E-state index in [9.17, 15) is 5.11 Å². The van der Waals surface area contributed by atoms with Gasteiger partial charge in [0, 0.05) is 36.8 Å². The van der Waals surface area contributed by atoms with Crippen molar-refractivity contribution in [3.8, 4) is 0 Å². The molecular formula is C21H34ClN5OS. The summed E-state index contributed by atoms with van der Waals surface area (Å²) in [7, 11) is 1.82. The Labute approximate surface area is 183 Å². The third kappa shape index (κ3) is 6.04. The second-order valence-electron chi connectivity index (χ2n) is 7.60. The number of nitrogens with two attached hydrogens (primary N) is 2. The van der Waals surface area contributed by atoms with Crippen LogP contribution in [0.2, 0.25) is 0 Å². The van der Waals surface area contributed by atoms with Crippen LogP contribution in [0.1, 0.15) is 39.0 Å². The van der Waals surface area contributed by atoms with Crippen molar-refractivity contribution in [1.29, 1.82) is 0 Å². The minimum Gasteiger partial charge on any atom is -0.398 e. The van der Waals surface area contributed by atoms with Crippen LogP contribution in [0.15, 0.2) is 50.6 Å². The number of rotatable bonds is 7. The maximum Gasteiger partial charge on any atom is 0.130 e. The smallest absolute Gasteiger partial charge is 0.130 e. The van der Waals surface area contributed by atoms with E-state index < -0.39 is 0 Å². The fourth-order valence-corrected chi connectivity index (χ4v) is 5.12. The van der Waals surface area contributed by atoms with E-state index in [2.05, 4.69) is 21.8 Å². The monoisotopic (exact) mass is 439 g/mol. The molecule has 2 rings (SSSR count). The van der Waals surface area contributed by atoms with Crippen LogP contribution in [0.4, 0.5) is 0 Å². The average Bonchev–Trinajstić information content (AvgIpc) is 3.07. The number of likely N-dealkylation sites (tertiary alicyclic amines) is 1. The summed E-state index contributed by atoms with van der Waals surface area (Å²) in [6.07, 6.45) is 11.2. The van der Waals surface area contributed by atoms with Crippen molar-refractivity contribution in [1.82, 2.24) is 10.2 Å². The predicted octanol–water partition coefficient (Wildman–Crippen LogP) is 3.22. The van der Waals surface area contributed by atoms with Gasteiger partial charge in [0.05, 0.1) is 16.3 Å². The number of nitrogens with one attached hydrogen (secondary N) is 1. The Morgan fingerprint density at radius 1 is 1.41 bits per heavy atom. The Hall–Kier alpha value is -1.41. The number of hydrogen-bond acceptors (Lipinski definition) is 6. The summed E-state index contributed by atoms with van der Waals surface area (Å²) in [5.74, 6) is 0.672. The van der Waals surface area contributed by atoms with Crippen molar-refractivity contribution in [2.45, 2.75) is 45.1 Å². The van der Waals surface area contributed by atoms with Crippen LogP contribution in [-0.4, -0.2) is 48.6 Å². The third-order valence-corrected chi connectivity index (χ3v) is 7.50. The molecule has 162 valence electrons. The molecule has 2 aliphatic rings. The number of piperidine rings is 1. The molecule has 1 atom stereocenters. The maximum absolute atomic E-state index is 9.88. The zero-order valence-electron chi connectivity index (χ0n) is 17.5. The van der Waals surface area contributed by atoms with Crippen LogP contribution < -0.4 is 16.8 Å². The van der Waals surface area contributed by atoms with Gasteiger partial charge in [-0.1, -0.05) is 48.5 Å².